The summed E-state index contributed by atoms with van der Waals surface area (Å²) < 4.78 is 4.57. The van der Waals surface area contributed by atoms with Crippen molar-refractivity contribution >= 4 is 12.1 Å². The summed E-state index contributed by atoms with van der Waals surface area (Å²) in [5.74, 6) is -0.313. The molecule has 5 nitrogen and oxygen atoms in total. The lowest BCUT2D eigenvalue weighted by Gasteiger charge is -2.18. The minimum absolute atomic E-state index is 0.169. The first-order chi connectivity index (χ1) is 7.10. The van der Waals surface area contributed by atoms with Gasteiger partial charge in [-0.2, -0.15) is 0 Å². The molecule has 1 amide bonds. The Kier molecular flexibility index (Phi) is 3.71. The van der Waals surface area contributed by atoms with Crippen LogP contribution in [0.15, 0.2) is 12.7 Å². The lowest BCUT2D eigenvalue weighted by Crippen LogP contribution is -2.40. The first-order valence-electron chi connectivity index (χ1n) is 4.78. The number of carbonyl (C=O) groups excluding carboxylic acids is 1. The number of methoxy groups -OCH3 is 1. The van der Waals surface area contributed by atoms with Gasteiger partial charge in [0.25, 0.3) is 0 Å². The molecular weight excluding hydrogens is 198 g/mol. The van der Waals surface area contributed by atoms with Crippen molar-refractivity contribution in [2.24, 2.45) is 5.92 Å². The number of hydrogen-bond acceptors (Lipinski definition) is 3. The normalized spacial score (nSPS) is 25.0. The van der Waals surface area contributed by atoms with E-state index in [-0.39, 0.29) is 5.92 Å². The molecule has 5 heteroatoms. The maximum Gasteiger partial charge on any atom is 0.408 e. The van der Waals surface area contributed by atoms with Crippen LogP contribution in [0.2, 0.25) is 0 Å². The number of likely N-dealkylation sites (tertiary alicyclic amines) is 1. The molecule has 1 heterocycles. The number of amides is 1. The van der Waals surface area contributed by atoms with Crippen molar-refractivity contribution in [3.05, 3.63) is 12.7 Å². The molecule has 0 radical (unpaired) electrons. The van der Waals surface area contributed by atoms with Gasteiger partial charge in [-0.25, -0.2) is 9.59 Å². The van der Waals surface area contributed by atoms with Gasteiger partial charge < -0.3 is 9.84 Å². The van der Waals surface area contributed by atoms with E-state index < -0.39 is 18.1 Å². The summed E-state index contributed by atoms with van der Waals surface area (Å²) in [6.07, 6.45) is 1.91. The number of ether oxygens (including phenoxy) is 1. The minimum atomic E-state index is -1.07. The third-order valence-electron chi connectivity index (χ3n) is 2.61. The molecule has 0 saturated carbocycles. The first kappa shape index (κ1) is 11.6. The maximum absolute atomic E-state index is 11.3. The summed E-state index contributed by atoms with van der Waals surface area (Å²) >= 11 is 0. The Bertz CT molecular complexity index is 277. The van der Waals surface area contributed by atoms with Crippen LogP contribution in [0.3, 0.4) is 0 Å². The molecule has 1 rings (SSSR count). The van der Waals surface area contributed by atoms with E-state index in [9.17, 15) is 9.59 Å². The number of carboxylic acid groups (broad SMARTS) is 1. The quantitative estimate of drug-likeness (QED) is 0.563. The van der Waals surface area contributed by atoms with Crippen molar-refractivity contribution in [1.29, 1.82) is 0 Å². The summed E-state index contributed by atoms with van der Waals surface area (Å²) in [6, 6.07) is -0.655. The summed E-state index contributed by atoms with van der Waals surface area (Å²) in [6.45, 7) is 3.98. The van der Waals surface area contributed by atoms with Crippen LogP contribution in [0.25, 0.3) is 0 Å². The molecule has 0 aromatic heterocycles. The highest BCUT2D eigenvalue weighted by molar-refractivity contribution is 5.81. The van der Waals surface area contributed by atoms with Gasteiger partial charge >= 0.3 is 12.1 Å². The van der Waals surface area contributed by atoms with E-state index in [4.69, 9.17) is 5.11 Å². The van der Waals surface area contributed by atoms with Crippen molar-refractivity contribution < 1.29 is 19.4 Å². The van der Waals surface area contributed by atoms with Crippen LogP contribution in [0.5, 0.6) is 0 Å². The Morgan fingerprint density at radius 2 is 2.33 bits per heavy atom. The molecular formula is C10H15NO4. The van der Waals surface area contributed by atoms with Crippen LogP contribution in [0.4, 0.5) is 4.79 Å². The molecule has 0 aliphatic carbocycles. The van der Waals surface area contributed by atoms with Gasteiger partial charge in [0, 0.05) is 6.54 Å². The zero-order chi connectivity index (χ0) is 11.4. The third-order valence-corrected chi connectivity index (χ3v) is 2.61. The Hall–Kier alpha value is -1.52. The third kappa shape index (κ3) is 2.49. The highest BCUT2D eigenvalue weighted by atomic mass is 16.5. The molecule has 0 bridgehead atoms. The van der Waals surface area contributed by atoms with Crippen molar-refractivity contribution in [2.45, 2.75) is 18.9 Å². The average Bonchev–Trinajstić information content (AvgIpc) is 2.61. The Labute approximate surface area is 88.3 Å². The fourth-order valence-corrected chi connectivity index (χ4v) is 1.90. The SMILES string of the molecule is C=CCC1CC(C(=O)OC)N(C(=O)O)C1. The van der Waals surface area contributed by atoms with E-state index in [0.29, 0.717) is 13.0 Å². The zero-order valence-corrected chi connectivity index (χ0v) is 8.68. The van der Waals surface area contributed by atoms with Gasteiger partial charge in [-0.1, -0.05) is 6.08 Å². The molecule has 1 aliphatic heterocycles. The van der Waals surface area contributed by atoms with Crippen molar-refractivity contribution in [3.63, 3.8) is 0 Å². The monoisotopic (exact) mass is 213 g/mol. The summed E-state index contributed by atoms with van der Waals surface area (Å²) in [5, 5.41) is 8.91. The number of esters is 1. The Morgan fingerprint density at radius 3 is 2.80 bits per heavy atom. The zero-order valence-electron chi connectivity index (χ0n) is 8.68. The lowest BCUT2D eigenvalue weighted by molar-refractivity contribution is -0.145. The predicted octanol–water partition coefficient (Wildman–Crippen LogP) is 1.10. The second-order valence-electron chi connectivity index (χ2n) is 3.60. The number of allylic oxidation sites excluding steroid dienone is 1. The second-order valence-corrected chi connectivity index (χ2v) is 3.60. The average molecular weight is 213 g/mol. The molecule has 15 heavy (non-hydrogen) atoms. The van der Waals surface area contributed by atoms with E-state index >= 15 is 0 Å². The molecule has 0 aromatic rings. The smallest absolute Gasteiger partial charge is 0.408 e. The van der Waals surface area contributed by atoms with Gasteiger partial charge in [-0.15, -0.1) is 6.58 Å². The van der Waals surface area contributed by atoms with Crippen molar-refractivity contribution in [3.8, 4) is 0 Å². The molecule has 0 aromatic carbocycles. The standard InChI is InChI=1S/C10H15NO4/c1-3-4-7-5-8(9(12)15-2)11(6-7)10(13)14/h3,7-8H,1,4-6H2,2H3,(H,13,14). The van der Waals surface area contributed by atoms with Crippen molar-refractivity contribution in [2.75, 3.05) is 13.7 Å². The minimum Gasteiger partial charge on any atom is -0.467 e. The molecule has 84 valence electrons. The van der Waals surface area contributed by atoms with E-state index in [1.54, 1.807) is 6.08 Å². The molecule has 2 atom stereocenters. The Morgan fingerprint density at radius 1 is 1.67 bits per heavy atom. The molecule has 1 saturated heterocycles. The van der Waals surface area contributed by atoms with E-state index in [0.717, 1.165) is 11.3 Å². The van der Waals surface area contributed by atoms with Crippen LogP contribution < -0.4 is 0 Å². The summed E-state index contributed by atoms with van der Waals surface area (Å²) in [4.78, 5) is 23.3. The van der Waals surface area contributed by atoms with E-state index in [1.165, 1.54) is 7.11 Å². The number of hydrogen-bond donors (Lipinski definition) is 1. The highest BCUT2D eigenvalue weighted by Crippen LogP contribution is 2.26. The molecule has 1 fully saturated rings. The Balaban J connectivity index is 2.71. The fraction of sp³-hybridized carbons (Fsp3) is 0.600. The number of nitrogens with zero attached hydrogens (tertiary/aromatic N) is 1. The van der Waals surface area contributed by atoms with Gasteiger partial charge in [-0.3, -0.25) is 4.90 Å². The number of carbonyl (C=O) groups is 2. The van der Waals surface area contributed by atoms with E-state index in [1.807, 2.05) is 0 Å². The van der Waals surface area contributed by atoms with Gasteiger partial charge in [0.15, 0.2) is 0 Å². The van der Waals surface area contributed by atoms with Crippen LogP contribution in [0.1, 0.15) is 12.8 Å². The predicted molar refractivity (Wildman–Crippen MR) is 53.5 cm³/mol. The van der Waals surface area contributed by atoms with Crippen LogP contribution in [-0.2, 0) is 9.53 Å². The van der Waals surface area contributed by atoms with Gasteiger partial charge in [-0.05, 0) is 18.8 Å². The van der Waals surface area contributed by atoms with Gasteiger partial charge in [0.2, 0.25) is 0 Å². The molecule has 1 aliphatic rings. The first-order valence-corrected chi connectivity index (χ1v) is 4.78. The second kappa shape index (κ2) is 4.82. The van der Waals surface area contributed by atoms with E-state index in [2.05, 4.69) is 11.3 Å². The highest BCUT2D eigenvalue weighted by Gasteiger charge is 2.39. The fourth-order valence-electron chi connectivity index (χ4n) is 1.90. The van der Waals surface area contributed by atoms with Crippen LogP contribution >= 0.6 is 0 Å². The molecule has 1 N–H and O–H groups in total. The molecule has 0 spiro atoms. The van der Waals surface area contributed by atoms with Crippen LogP contribution in [0, 0.1) is 5.92 Å². The van der Waals surface area contributed by atoms with Crippen LogP contribution in [-0.4, -0.2) is 41.8 Å². The topological polar surface area (TPSA) is 66.8 Å². The van der Waals surface area contributed by atoms with Crippen molar-refractivity contribution in [1.82, 2.24) is 4.90 Å². The molecule has 2 unspecified atom stereocenters. The lowest BCUT2D eigenvalue weighted by atomic mass is 10.0. The summed E-state index contributed by atoms with van der Waals surface area (Å²) in [5.41, 5.74) is 0. The summed E-state index contributed by atoms with van der Waals surface area (Å²) in [7, 11) is 1.27. The van der Waals surface area contributed by atoms with Gasteiger partial charge in [0.1, 0.15) is 6.04 Å². The maximum atomic E-state index is 11.3. The van der Waals surface area contributed by atoms with Gasteiger partial charge in [0.05, 0.1) is 7.11 Å². The largest absolute Gasteiger partial charge is 0.467 e. The number of rotatable bonds is 3.